The molecule has 0 aliphatic heterocycles. The van der Waals surface area contributed by atoms with Gasteiger partial charge in [0.1, 0.15) is 5.71 Å². The Hall–Kier alpha value is -1.10. The molecular formula is C7H9N3OS. The van der Waals surface area contributed by atoms with E-state index in [9.17, 15) is 0 Å². The molecule has 0 amide bonds. The minimum atomic E-state index is 0.493. The van der Waals surface area contributed by atoms with E-state index in [1.54, 1.807) is 19.2 Å². The molecule has 1 heterocycles. The molecular weight excluding hydrogens is 174 g/mol. The first-order chi connectivity index (χ1) is 5.77. The molecule has 0 aliphatic rings. The Labute approximate surface area is 74.7 Å². The average Bonchev–Trinajstić information content (AvgIpc) is 2.17. The second-order valence-corrected chi connectivity index (χ2v) is 2.89. The number of hydrogen-bond donors (Lipinski definition) is 1. The van der Waals surface area contributed by atoms with Gasteiger partial charge in [-0.2, -0.15) is 0 Å². The number of oxime groups is 1. The molecule has 0 radical (unpaired) electrons. The van der Waals surface area contributed by atoms with Crippen LogP contribution >= 0.6 is 11.8 Å². The summed E-state index contributed by atoms with van der Waals surface area (Å²) in [5.74, 6) is 0. The van der Waals surface area contributed by atoms with Crippen LogP contribution in [-0.2, 0) is 0 Å². The van der Waals surface area contributed by atoms with Crippen LogP contribution in [0, 0.1) is 0 Å². The summed E-state index contributed by atoms with van der Waals surface area (Å²) in [6.45, 7) is 1.69. The van der Waals surface area contributed by atoms with Crippen LogP contribution in [0.4, 0.5) is 0 Å². The Morgan fingerprint density at radius 2 is 2.42 bits per heavy atom. The highest BCUT2D eigenvalue weighted by Crippen LogP contribution is 2.07. The Bertz CT molecular complexity index is 300. The molecule has 0 fully saturated rings. The third-order valence-corrected chi connectivity index (χ3v) is 1.90. The highest BCUT2D eigenvalue weighted by atomic mass is 32.2. The fraction of sp³-hybridized carbons (Fsp3) is 0.286. The van der Waals surface area contributed by atoms with Gasteiger partial charge in [-0.15, -0.1) is 0 Å². The molecule has 0 atom stereocenters. The summed E-state index contributed by atoms with van der Waals surface area (Å²) in [5.41, 5.74) is 1.14. The van der Waals surface area contributed by atoms with Gasteiger partial charge in [0.25, 0.3) is 0 Å². The van der Waals surface area contributed by atoms with Crippen LogP contribution in [0.3, 0.4) is 0 Å². The number of thioether (sulfide) groups is 1. The molecule has 0 bridgehead atoms. The van der Waals surface area contributed by atoms with Crippen molar-refractivity contribution in [2.75, 3.05) is 6.26 Å². The summed E-state index contributed by atoms with van der Waals surface area (Å²) in [4.78, 5) is 8.11. The van der Waals surface area contributed by atoms with Crippen molar-refractivity contribution in [3.05, 3.63) is 18.0 Å². The van der Waals surface area contributed by atoms with E-state index in [2.05, 4.69) is 15.1 Å². The van der Waals surface area contributed by atoms with Gasteiger partial charge in [-0.1, -0.05) is 16.9 Å². The van der Waals surface area contributed by atoms with Crippen molar-refractivity contribution in [1.82, 2.24) is 9.97 Å². The van der Waals surface area contributed by atoms with Gasteiger partial charge in [0.05, 0.1) is 5.69 Å². The minimum Gasteiger partial charge on any atom is -0.411 e. The van der Waals surface area contributed by atoms with Crippen LogP contribution < -0.4 is 0 Å². The van der Waals surface area contributed by atoms with E-state index >= 15 is 0 Å². The highest BCUT2D eigenvalue weighted by molar-refractivity contribution is 7.98. The minimum absolute atomic E-state index is 0.493. The van der Waals surface area contributed by atoms with Crippen molar-refractivity contribution >= 4 is 17.5 Å². The zero-order valence-corrected chi connectivity index (χ0v) is 7.67. The second-order valence-electron chi connectivity index (χ2n) is 2.11. The van der Waals surface area contributed by atoms with Gasteiger partial charge < -0.3 is 5.21 Å². The van der Waals surface area contributed by atoms with Gasteiger partial charge in [0.2, 0.25) is 0 Å². The molecule has 1 aromatic heterocycles. The van der Waals surface area contributed by atoms with Crippen LogP contribution in [0.25, 0.3) is 0 Å². The molecule has 0 aromatic carbocycles. The van der Waals surface area contributed by atoms with Crippen molar-refractivity contribution in [2.45, 2.75) is 12.1 Å². The van der Waals surface area contributed by atoms with Gasteiger partial charge in [-0.3, -0.25) is 0 Å². The molecule has 5 heteroatoms. The Morgan fingerprint density at radius 3 is 3.00 bits per heavy atom. The summed E-state index contributed by atoms with van der Waals surface area (Å²) >= 11 is 1.45. The molecule has 1 N–H and O–H groups in total. The van der Waals surface area contributed by atoms with Crippen LogP contribution in [0.5, 0.6) is 0 Å². The van der Waals surface area contributed by atoms with E-state index in [1.165, 1.54) is 11.8 Å². The lowest BCUT2D eigenvalue weighted by Gasteiger charge is -1.98. The van der Waals surface area contributed by atoms with E-state index < -0.39 is 0 Å². The summed E-state index contributed by atoms with van der Waals surface area (Å²) in [6, 6.07) is 1.70. The van der Waals surface area contributed by atoms with Gasteiger partial charge in [-0.05, 0) is 19.2 Å². The summed E-state index contributed by atoms with van der Waals surface area (Å²) < 4.78 is 0. The van der Waals surface area contributed by atoms with Gasteiger partial charge in [0.15, 0.2) is 5.16 Å². The molecule has 1 aromatic rings. The fourth-order valence-corrected chi connectivity index (χ4v) is 1.05. The van der Waals surface area contributed by atoms with Crippen molar-refractivity contribution in [3.63, 3.8) is 0 Å². The fourth-order valence-electron chi connectivity index (χ4n) is 0.692. The van der Waals surface area contributed by atoms with E-state index in [0.717, 1.165) is 0 Å². The van der Waals surface area contributed by atoms with Crippen LogP contribution in [0.2, 0.25) is 0 Å². The molecule has 0 unspecified atom stereocenters. The molecule has 0 saturated carbocycles. The van der Waals surface area contributed by atoms with E-state index in [4.69, 9.17) is 5.21 Å². The monoisotopic (exact) mass is 183 g/mol. The third kappa shape index (κ3) is 1.94. The summed E-state index contributed by atoms with van der Waals surface area (Å²) in [5, 5.41) is 12.2. The molecule has 4 nitrogen and oxygen atoms in total. The smallest absolute Gasteiger partial charge is 0.187 e. The van der Waals surface area contributed by atoms with E-state index in [0.29, 0.717) is 16.6 Å². The quantitative estimate of drug-likeness (QED) is 0.247. The lowest BCUT2D eigenvalue weighted by Crippen LogP contribution is -2.00. The third-order valence-electron chi connectivity index (χ3n) is 1.34. The Balaban J connectivity index is 3.02. The normalized spacial score (nSPS) is 11.7. The first-order valence-electron chi connectivity index (χ1n) is 3.34. The predicted octanol–water partition coefficient (Wildman–Crippen LogP) is 1.40. The molecule has 0 spiro atoms. The Kier molecular flexibility index (Phi) is 3.04. The molecule has 0 saturated heterocycles. The number of aromatic nitrogens is 2. The average molecular weight is 183 g/mol. The zero-order valence-electron chi connectivity index (χ0n) is 6.85. The maximum Gasteiger partial charge on any atom is 0.187 e. The SMILES string of the molecule is CSc1nccc(/C(C)=N\O)n1. The predicted molar refractivity (Wildman–Crippen MR) is 47.8 cm³/mol. The molecule has 0 aliphatic carbocycles. The highest BCUT2D eigenvalue weighted by Gasteiger charge is 2.00. The van der Waals surface area contributed by atoms with Crippen molar-refractivity contribution in [3.8, 4) is 0 Å². The lowest BCUT2D eigenvalue weighted by molar-refractivity contribution is 0.319. The first-order valence-corrected chi connectivity index (χ1v) is 4.56. The van der Waals surface area contributed by atoms with Gasteiger partial charge in [-0.25, -0.2) is 9.97 Å². The lowest BCUT2D eigenvalue weighted by atomic mass is 10.3. The summed E-state index contributed by atoms with van der Waals surface area (Å²) in [7, 11) is 0. The van der Waals surface area contributed by atoms with Crippen LogP contribution in [0.15, 0.2) is 22.6 Å². The zero-order chi connectivity index (χ0) is 8.97. The number of rotatable bonds is 2. The maximum absolute atomic E-state index is 8.47. The summed E-state index contributed by atoms with van der Waals surface area (Å²) in [6.07, 6.45) is 3.54. The first kappa shape index (κ1) is 8.99. The standard InChI is InChI=1S/C7H9N3OS/c1-5(10-11)6-3-4-8-7(9-6)12-2/h3-4,11H,1-2H3/b10-5-. The van der Waals surface area contributed by atoms with Gasteiger partial charge in [0, 0.05) is 6.20 Å². The maximum atomic E-state index is 8.47. The van der Waals surface area contributed by atoms with Crippen molar-refractivity contribution in [2.24, 2.45) is 5.16 Å². The molecule has 64 valence electrons. The number of hydrogen-bond acceptors (Lipinski definition) is 5. The van der Waals surface area contributed by atoms with Crippen molar-refractivity contribution in [1.29, 1.82) is 0 Å². The molecule has 12 heavy (non-hydrogen) atoms. The second kappa shape index (κ2) is 4.06. The van der Waals surface area contributed by atoms with Gasteiger partial charge >= 0.3 is 0 Å². The Morgan fingerprint density at radius 1 is 1.67 bits per heavy atom. The van der Waals surface area contributed by atoms with E-state index in [1.807, 2.05) is 6.26 Å². The van der Waals surface area contributed by atoms with E-state index in [-0.39, 0.29) is 0 Å². The van der Waals surface area contributed by atoms with Crippen molar-refractivity contribution < 1.29 is 5.21 Å². The molecule has 1 rings (SSSR count). The van der Waals surface area contributed by atoms with Crippen LogP contribution in [-0.4, -0.2) is 27.1 Å². The largest absolute Gasteiger partial charge is 0.411 e. The topological polar surface area (TPSA) is 58.4 Å². The number of nitrogens with zero attached hydrogens (tertiary/aromatic N) is 3. The van der Waals surface area contributed by atoms with Crippen LogP contribution in [0.1, 0.15) is 12.6 Å².